The summed E-state index contributed by atoms with van der Waals surface area (Å²) >= 11 is 0. The van der Waals surface area contributed by atoms with Crippen LogP contribution in [0.5, 0.6) is 0 Å². The largest absolute Gasteiger partial charge is 0.418 e. The second-order valence-electron chi connectivity index (χ2n) is 8.19. The number of piperidine rings is 1. The number of aromatic nitrogens is 2. The van der Waals surface area contributed by atoms with Gasteiger partial charge in [0.25, 0.3) is 5.91 Å². The molecule has 1 saturated heterocycles. The number of hydrogen-bond donors (Lipinski definition) is 2. The Labute approximate surface area is 202 Å². The number of anilines is 2. The molecule has 0 aliphatic carbocycles. The van der Waals surface area contributed by atoms with Crippen molar-refractivity contribution < 1.29 is 22.4 Å². The van der Waals surface area contributed by atoms with Gasteiger partial charge in [-0.2, -0.15) is 13.2 Å². The molecular formula is C23H30ClF4N5O. The van der Waals surface area contributed by atoms with Crippen molar-refractivity contribution in [2.45, 2.75) is 57.7 Å². The van der Waals surface area contributed by atoms with E-state index in [1.165, 1.54) is 0 Å². The maximum Gasteiger partial charge on any atom is 0.418 e. The molecule has 2 N–H and O–H groups in total. The molecule has 1 fully saturated rings. The van der Waals surface area contributed by atoms with Gasteiger partial charge in [0.2, 0.25) is 0 Å². The Hall–Kier alpha value is -2.62. The van der Waals surface area contributed by atoms with E-state index < -0.39 is 17.6 Å². The minimum atomic E-state index is -4.63. The number of amides is 1. The van der Waals surface area contributed by atoms with Gasteiger partial charge in [0.15, 0.2) is 11.5 Å². The Kier molecular flexibility index (Phi) is 10.3. The quantitative estimate of drug-likeness (QED) is 0.352. The first-order valence-corrected chi connectivity index (χ1v) is 11.3. The summed E-state index contributed by atoms with van der Waals surface area (Å²) in [5, 5.41) is 13.9. The molecule has 0 unspecified atom stereocenters. The molecule has 0 spiro atoms. The summed E-state index contributed by atoms with van der Waals surface area (Å²) < 4.78 is 53.0. The van der Waals surface area contributed by atoms with Crippen LogP contribution in [0.3, 0.4) is 0 Å². The fraction of sp³-hybridized carbons (Fsp3) is 0.522. The molecular weight excluding hydrogens is 474 g/mol. The first-order valence-electron chi connectivity index (χ1n) is 11.3. The zero-order chi connectivity index (χ0) is 23.8. The highest BCUT2D eigenvalue weighted by Crippen LogP contribution is 2.36. The molecule has 0 radical (unpaired) electrons. The Morgan fingerprint density at radius 2 is 1.82 bits per heavy atom. The van der Waals surface area contributed by atoms with Crippen molar-refractivity contribution >= 4 is 29.8 Å². The fourth-order valence-corrected chi connectivity index (χ4v) is 3.81. The lowest BCUT2D eigenvalue weighted by Crippen LogP contribution is -2.40. The summed E-state index contributed by atoms with van der Waals surface area (Å²) in [5.74, 6) is -0.561. The molecule has 1 aliphatic heterocycles. The van der Waals surface area contributed by atoms with E-state index in [4.69, 9.17) is 0 Å². The lowest BCUT2D eigenvalue weighted by atomic mass is 10.0. The van der Waals surface area contributed by atoms with Gasteiger partial charge in [0, 0.05) is 31.4 Å². The summed E-state index contributed by atoms with van der Waals surface area (Å²) in [6.07, 6.45) is 0.803. The van der Waals surface area contributed by atoms with Crippen LogP contribution in [-0.4, -0.2) is 41.8 Å². The van der Waals surface area contributed by atoms with Crippen LogP contribution in [0.25, 0.3) is 0 Å². The highest BCUT2D eigenvalue weighted by molar-refractivity contribution is 5.92. The van der Waals surface area contributed by atoms with Gasteiger partial charge in [-0.05, 0) is 49.6 Å². The minimum absolute atomic E-state index is 0. The number of benzene rings is 1. The van der Waals surface area contributed by atoms with Crippen LogP contribution in [0, 0.1) is 5.82 Å². The molecule has 0 saturated carbocycles. The molecule has 3 rings (SSSR count). The van der Waals surface area contributed by atoms with Crippen molar-refractivity contribution in [1.29, 1.82) is 0 Å². The van der Waals surface area contributed by atoms with Gasteiger partial charge in [0.1, 0.15) is 5.82 Å². The molecule has 2 aromatic rings. The van der Waals surface area contributed by atoms with Gasteiger partial charge in [-0.15, -0.1) is 22.6 Å². The Balaban J connectivity index is 0.00000408. The van der Waals surface area contributed by atoms with Crippen molar-refractivity contribution in [3.63, 3.8) is 0 Å². The summed E-state index contributed by atoms with van der Waals surface area (Å²) in [7, 11) is 0. The molecule has 1 aliphatic rings. The average molecular weight is 504 g/mol. The monoisotopic (exact) mass is 503 g/mol. The number of halogens is 5. The van der Waals surface area contributed by atoms with Gasteiger partial charge in [-0.1, -0.05) is 26.2 Å². The van der Waals surface area contributed by atoms with E-state index in [0.29, 0.717) is 44.4 Å². The van der Waals surface area contributed by atoms with Crippen LogP contribution in [-0.2, 0) is 6.18 Å². The second kappa shape index (κ2) is 12.7. The molecule has 11 heteroatoms. The van der Waals surface area contributed by atoms with E-state index in [-0.39, 0.29) is 35.7 Å². The van der Waals surface area contributed by atoms with Gasteiger partial charge < -0.3 is 15.5 Å². The van der Waals surface area contributed by atoms with Crippen LogP contribution >= 0.6 is 12.4 Å². The van der Waals surface area contributed by atoms with E-state index in [2.05, 4.69) is 27.8 Å². The number of nitrogens with one attached hydrogen (secondary N) is 2. The zero-order valence-electron chi connectivity index (χ0n) is 19.0. The average Bonchev–Trinajstić information content (AvgIpc) is 2.80. The molecule has 1 aromatic carbocycles. The first kappa shape index (κ1) is 27.6. The molecule has 188 valence electrons. The van der Waals surface area contributed by atoms with Crippen LogP contribution in [0.4, 0.5) is 29.1 Å². The molecule has 6 nitrogen and oxygen atoms in total. The summed E-state index contributed by atoms with van der Waals surface area (Å²) in [6, 6.07) is 5.83. The maximum absolute atomic E-state index is 13.3. The number of hydrogen-bond acceptors (Lipinski definition) is 5. The Morgan fingerprint density at radius 1 is 1.09 bits per heavy atom. The van der Waals surface area contributed by atoms with E-state index in [1.54, 1.807) is 12.1 Å². The van der Waals surface area contributed by atoms with Gasteiger partial charge in [-0.25, -0.2) is 4.39 Å². The molecule has 1 aromatic heterocycles. The highest BCUT2D eigenvalue weighted by atomic mass is 35.5. The predicted octanol–water partition coefficient (Wildman–Crippen LogP) is 5.45. The standard InChI is InChI=1S/C23H29F4N5O.ClH/c1-2-3-4-5-12-28-22(33)20-8-9-21(31-30-20)32-13-10-17(11-14-32)29-19-7-6-16(24)15-18(19)23(25,26)27;/h6-9,15,17,29H,2-5,10-14H2,1H3,(H,28,33);1H. The van der Waals surface area contributed by atoms with Gasteiger partial charge >= 0.3 is 6.18 Å². The first-order chi connectivity index (χ1) is 15.8. The van der Waals surface area contributed by atoms with Crippen LogP contribution in [0.15, 0.2) is 30.3 Å². The normalized spacial score (nSPS) is 14.4. The van der Waals surface area contributed by atoms with Crippen molar-refractivity contribution in [2.24, 2.45) is 0 Å². The van der Waals surface area contributed by atoms with Crippen LogP contribution in [0.1, 0.15) is 61.5 Å². The fourth-order valence-electron chi connectivity index (χ4n) is 3.81. The van der Waals surface area contributed by atoms with Crippen LogP contribution in [0.2, 0.25) is 0 Å². The lowest BCUT2D eigenvalue weighted by molar-refractivity contribution is -0.137. The lowest BCUT2D eigenvalue weighted by Gasteiger charge is -2.33. The van der Waals surface area contributed by atoms with Crippen molar-refractivity contribution in [3.05, 3.63) is 47.4 Å². The van der Waals surface area contributed by atoms with Gasteiger partial charge in [0.05, 0.1) is 5.56 Å². The number of alkyl halides is 3. The highest BCUT2D eigenvalue weighted by Gasteiger charge is 2.34. The minimum Gasteiger partial charge on any atom is -0.382 e. The van der Waals surface area contributed by atoms with E-state index in [1.807, 2.05) is 4.90 Å². The third-order valence-corrected chi connectivity index (χ3v) is 5.66. The number of unbranched alkanes of at least 4 members (excludes halogenated alkanes) is 3. The Bertz CT molecular complexity index is 919. The van der Waals surface area contributed by atoms with E-state index in [0.717, 1.165) is 37.8 Å². The van der Waals surface area contributed by atoms with Crippen molar-refractivity contribution in [3.8, 4) is 0 Å². The van der Waals surface area contributed by atoms with Crippen molar-refractivity contribution in [2.75, 3.05) is 29.9 Å². The van der Waals surface area contributed by atoms with Crippen molar-refractivity contribution in [1.82, 2.24) is 15.5 Å². The van der Waals surface area contributed by atoms with Gasteiger partial charge in [-0.3, -0.25) is 4.79 Å². The third-order valence-electron chi connectivity index (χ3n) is 5.66. The molecule has 1 amide bonds. The summed E-state index contributed by atoms with van der Waals surface area (Å²) in [6.45, 7) is 3.87. The maximum atomic E-state index is 13.3. The van der Waals surface area contributed by atoms with E-state index >= 15 is 0 Å². The third kappa shape index (κ3) is 7.72. The number of nitrogens with zero attached hydrogens (tertiary/aromatic N) is 3. The SMILES string of the molecule is CCCCCCNC(=O)c1ccc(N2CCC(Nc3ccc(F)cc3C(F)(F)F)CC2)nn1.Cl. The second-order valence-corrected chi connectivity index (χ2v) is 8.19. The zero-order valence-corrected chi connectivity index (χ0v) is 19.8. The number of carbonyl (C=O) groups is 1. The molecule has 34 heavy (non-hydrogen) atoms. The number of carbonyl (C=O) groups excluding carboxylic acids is 1. The molecule has 2 heterocycles. The molecule has 0 atom stereocenters. The van der Waals surface area contributed by atoms with E-state index in [9.17, 15) is 22.4 Å². The smallest absolute Gasteiger partial charge is 0.382 e. The number of rotatable bonds is 9. The van der Waals surface area contributed by atoms with Crippen LogP contribution < -0.4 is 15.5 Å². The summed E-state index contributed by atoms with van der Waals surface area (Å²) in [5.41, 5.74) is -0.871. The predicted molar refractivity (Wildman–Crippen MR) is 126 cm³/mol. The Morgan fingerprint density at radius 3 is 2.44 bits per heavy atom. The summed E-state index contributed by atoms with van der Waals surface area (Å²) in [4.78, 5) is 14.1. The molecule has 0 bridgehead atoms. The topological polar surface area (TPSA) is 70.2 Å².